The number of thioether (sulfide) groups is 1. The van der Waals surface area contributed by atoms with Crippen molar-refractivity contribution in [1.82, 2.24) is 10.3 Å². The lowest BCUT2D eigenvalue weighted by atomic mass is 10.2. The number of nitrogens with zero attached hydrogens (tertiary/aromatic N) is 1. The quantitative estimate of drug-likeness (QED) is 0.721. The smallest absolute Gasteiger partial charge is 0.0372 e. The summed E-state index contributed by atoms with van der Waals surface area (Å²) in [5.41, 5.74) is 2.35. The van der Waals surface area contributed by atoms with Gasteiger partial charge in [0.25, 0.3) is 0 Å². The van der Waals surface area contributed by atoms with Gasteiger partial charge in [0.05, 0.1) is 0 Å². The molecule has 0 atom stereocenters. The summed E-state index contributed by atoms with van der Waals surface area (Å²) in [6.45, 7) is 6.25. The molecule has 0 spiro atoms. The third kappa shape index (κ3) is 5.80. The van der Waals surface area contributed by atoms with Crippen LogP contribution in [0.2, 0.25) is 0 Å². The maximum atomic E-state index is 4.26. The van der Waals surface area contributed by atoms with Crippen molar-refractivity contribution in [2.45, 2.75) is 26.8 Å². The summed E-state index contributed by atoms with van der Waals surface area (Å²) in [6.07, 6.45) is 3.20. The van der Waals surface area contributed by atoms with E-state index in [2.05, 4.69) is 29.4 Å². The fourth-order valence-corrected chi connectivity index (χ4v) is 1.92. The third-order valence-corrected chi connectivity index (χ3v) is 3.13. The van der Waals surface area contributed by atoms with Crippen molar-refractivity contribution < 1.29 is 0 Å². The second-order valence-electron chi connectivity index (χ2n) is 3.54. The summed E-state index contributed by atoms with van der Waals surface area (Å²) in [5, 5.41) is 3.43. The van der Waals surface area contributed by atoms with Gasteiger partial charge in [0.1, 0.15) is 0 Å². The Kier molecular flexibility index (Phi) is 6.44. The zero-order chi connectivity index (χ0) is 10.9. The lowest BCUT2D eigenvalue weighted by Crippen LogP contribution is -2.15. The van der Waals surface area contributed by atoms with Gasteiger partial charge in [-0.2, -0.15) is 11.8 Å². The van der Waals surface area contributed by atoms with Gasteiger partial charge in [-0.25, -0.2) is 0 Å². The zero-order valence-corrected chi connectivity index (χ0v) is 10.4. The largest absolute Gasteiger partial charge is 0.313 e. The Labute approximate surface area is 96.9 Å². The predicted octanol–water partition coefficient (Wildman–Crippen LogP) is 2.62. The minimum atomic E-state index is 0.935. The van der Waals surface area contributed by atoms with Crippen LogP contribution in [0.15, 0.2) is 18.3 Å². The summed E-state index contributed by atoms with van der Waals surface area (Å²) in [5.74, 6) is 2.48. The number of pyridine rings is 1. The number of aryl methyl sites for hydroxylation is 1. The standard InChI is InChI=1S/C12H20N2S/c1-3-15-8-4-7-13-9-12-6-5-11(2)14-10-12/h5-6,10,13H,3-4,7-9H2,1-2H3. The summed E-state index contributed by atoms with van der Waals surface area (Å²) in [7, 11) is 0. The highest BCUT2D eigenvalue weighted by atomic mass is 32.2. The molecule has 2 nitrogen and oxygen atoms in total. The van der Waals surface area contributed by atoms with E-state index in [9.17, 15) is 0 Å². The van der Waals surface area contributed by atoms with E-state index in [0.29, 0.717) is 0 Å². The second-order valence-corrected chi connectivity index (χ2v) is 4.93. The van der Waals surface area contributed by atoms with Crippen LogP contribution in [0.3, 0.4) is 0 Å². The first-order valence-corrected chi connectivity index (χ1v) is 6.68. The van der Waals surface area contributed by atoms with Gasteiger partial charge in [-0.1, -0.05) is 13.0 Å². The normalized spacial score (nSPS) is 10.5. The van der Waals surface area contributed by atoms with Gasteiger partial charge >= 0.3 is 0 Å². The summed E-state index contributed by atoms with van der Waals surface area (Å²) < 4.78 is 0. The second kappa shape index (κ2) is 7.71. The van der Waals surface area contributed by atoms with Gasteiger partial charge in [0, 0.05) is 18.4 Å². The van der Waals surface area contributed by atoms with Gasteiger partial charge in [-0.3, -0.25) is 4.98 Å². The Morgan fingerprint density at radius 1 is 1.40 bits per heavy atom. The third-order valence-electron chi connectivity index (χ3n) is 2.15. The molecule has 1 N–H and O–H groups in total. The molecule has 1 aromatic heterocycles. The van der Waals surface area contributed by atoms with Gasteiger partial charge in [0.15, 0.2) is 0 Å². The molecule has 1 aromatic rings. The molecule has 1 rings (SSSR count). The van der Waals surface area contributed by atoms with Gasteiger partial charge in [-0.05, 0) is 43.0 Å². The molecule has 1 heterocycles. The summed E-state index contributed by atoms with van der Waals surface area (Å²) in [6, 6.07) is 4.19. The molecule has 3 heteroatoms. The van der Waals surface area contributed by atoms with Crippen LogP contribution in [0.5, 0.6) is 0 Å². The van der Waals surface area contributed by atoms with Crippen molar-refractivity contribution in [3.8, 4) is 0 Å². The van der Waals surface area contributed by atoms with Crippen molar-refractivity contribution in [2.24, 2.45) is 0 Å². The maximum absolute atomic E-state index is 4.26. The molecule has 0 fully saturated rings. The van der Waals surface area contributed by atoms with Crippen molar-refractivity contribution in [3.63, 3.8) is 0 Å². The fraction of sp³-hybridized carbons (Fsp3) is 0.583. The average molecular weight is 224 g/mol. The monoisotopic (exact) mass is 224 g/mol. The van der Waals surface area contributed by atoms with E-state index in [4.69, 9.17) is 0 Å². The van der Waals surface area contributed by atoms with Crippen molar-refractivity contribution in [2.75, 3.05) is 18.1 Å². The van der Waals surface area contributed by atoms with E-state index < -0.39 is 0 Å². The number of rotatable bonds is 7. The van der Waals surface area contributed by atoms with Crippen LogP contribution >= 0.6 is 11.8 Å². The molecule has 0 aromatic carbocycles. The van der Waals surface area contributed by atoms with Crippen LogP contribution in [-0.2, 0) is 6.54 Å². The molecule has 0 radical (unpaired) electrons. The van der Waals surface area contributed by atoms with Crippen LogP contribution in [0.1, 0.15) is 24.6 Å². The number of hydrogen-bond acceptors (Lipinski definition) is 3. The summed E-state index contributed by atoms with van der Waals surface area (Å²) in [4.78, 5) is 4.26. The van der Waals surface area contributed by atoms with E-state index in [1.54, 1.807) is 0 Å². The Morgan fingerprint density at radius 3 is 2.93 bits per heavy atom. The van der Waals surface area contributed by atoms with Gasteiger partial charge in [-0.15, -0.1) is 0 Å². The lowest BCUT2D eigenvalue weighted by Gasteiger charge is -2.04. The first kappa shape index (κ1) is 12.5. The van der Waals surface area contributed by atoms with E-state index in [0.717, 1.165) is 18.8 Å². The Balaban J connectivity index is 2.07. The molecular formula is C12H20N2S. The first-order chi connectivity index (χ1) is 7.33. The van der Waals surface area contributed by atoms with Crippen LogP contribution in [0.25, 0.3) is 0 Å². The molecule has 0 aliphatic carbocycles. The van der Waals surface area contributed by atoms with E-state index in [1.165, 1.54) is 23.5 Å². The van der Waals surface area contributed by atoms with Crippen LogP contribution in [0, 0.1) is 6.92 Å². The predicted molar refractivity (Wildman–Crippen MR) is 68.3 cm³/mol. The molecule has 0 aliphatic heterocycles. The molecule has 0 bridgehead atoms. The maximum Gasteiger partial charge on any atom is 0.0372 e. The van der Waals surface area contributed by atoms with E-state index >= 15 is 0 Å². The van der Waals surface area contributed by atoms with E-state index in [1.807, 2.05) is 24.9 Å². The molecule has 0 amide bonds. The fourth-order valence-electron chi connectivity index (χ4n) is 1.28. The molecule has 0 saturated carbocycles. The topological polar surface area (TPSA) is 24.9 Å². The van der Waals surface area contributed by atoms with E-state index in [-0.39, 0.29) is 0 Å². The highest BCUT2D eigenvalue weighted by Gasteiger charge is 1.93. The van der Waals surface area contributed by atoms with Crippen molar-refractivity contribution in [3.05, 3.63) is 29.6 Å². The Morgan fingerprint density at radius 2 is 2.27 bits per heavy atom. The Hall–Kier alpha value is -0.540. The molecule has 15 heavy (non-hydrogen) atoms. The van der Waals surface area contributed by atoms with Crippen LogP contribution < -0.4 is 5.32 Å². The average Bonchev–Trinajstić information content (AvgIpc) is 2.26. The Bertz CT molecular complexity index is 259. The molecular weight excluding hydrogens is 204 g/mol. The van der Waals surface area contributed by atoms with Crippen molar-refractivity contribution in [1.29, 1.82) is 0 Å². The van der Waals surface area contributed by atoms with Crippen molar-refractivity contribution >= 4 is 11.8 Å². The van der Waals surface area contributed by atoms with Crippen LogP contribution in [0.4, 0.5) is 0 Å². The molecule has 0 saturated heterocycles. The van der Waals surface area contributed by atoms with Gasteiger partial charge in [0.2, 0.25) is 0 Å². The molecule has 84 valence electrons. The number of hydrogen-bond donors (Lipinski definition) is 1. The molecule has 0 aliphatic rings. The van der Waals surface area contributed by atoms with Crippen LogP contribution in [-0.4, -0.2) is 23.0 Å². The SMILES string of the molecule is CCSCCCNCc1ccc(C)nc1. The highest BCUT2D eigenvalue weighted by Crippen LogP contribution is 2.01. The number of aromatic nitrogens is 1. The zero-order valence-electron chi connectivity index (χ0n) is 9.62. The lowest BCUT2D eigenvalue weighted by molar-refractivity contribution is 0.677. The highest BCUT2D eigenvalue weighted by molar-refractivity contribution is 7.99. The van der Waals surface area contributed by atoms with Gasteiger partial charge < -0.3 is 5.32 Å². The number of nitrogens with one attached hydrogen (secondary N) is 1. The summed E-state index contributed by atoms with van der Waals surface area (Å²) >= 11 is 2.00. The minimum absolute atomic E-state index is 0.935. The first-order valence-electron chi connectivity index (χ1n) is 5.53. The minimum Gasteiger partial charge on any atom is -0.313 e. The molecule has 0 unspecified atom stereocenters.